The number of carbonyl (C=O) groups excluding carboxylic acids is 1. The number of halogens is 4. The summed E-state index contributed by atoms with van der Waals surface area (Å²) in [6, 6.07) is 3.35. The van der Waals surface area contributed by atoms with E-state index in [1.165, 1.54) is 6.07 Å². The van der Waals surface area contributed by atoms with E-state index >= 15 is 0 Å². The van der Waals surface area contributed by atoms with Crippen LogP contribution in [-0.4, -0.2) is 12.0 Å². The molecule has 3 nitrogen and oxygen atoms in total. The third kappa shape index (κ3) is 3.25. The second-order valence-electron chi connectivity index (χ2n) is 3.15. The molecule has 18 heavy (non-hydrogen) atoms. The SMILES string of the molecule is [C-]#[N+]c1ccc(/C([O-])=C/C(=O)C(F)(F)F)cc1Cl. The van der Waals surface area contributed by atoms with Gasteiger partial charge in [0.1, 0.15) is 0 Å². The van der Waals surface area contributed by atoms with Crippen molar-refractivity contribution in [2.24, 2.45) is 0 Å². The molecule has 7 heteroatoms. The van der Waals surface area contributed by atoms with Crippen LogP contribution < -0.4 is 5.11 Å². The van der Waals surface area contributed by atoms with Gasteiger partial charge in [0, 0.05) is 5.02 Å². The van der Waals surface area contributed by atoms with Crippen LogP contribution in [0.15, 0.2) is 24.3 Å². The van der Waals surface area contributed by atoms with Gasteiger partial charge in [-0.3, -0.25) is 4.79 Å². The van der Waals surface area contributed by atoms with E-state index in [0.717, 1.165) is 12.1 Å². The van der Waals surface area contributed by atoms with Crippen molar-refractivity contribution in [2.45, 2.75) is 6.18 Å². The first kappa shape index (κ1) is 14.1. The van der Waals surface area contributed by atoms with Gasteiger partial charge in [0.2, 0.25) is 5.69 Å². The maximum absolute atomic E-state index is 11.9. The summed E-state index contributed by atoms with van der Waals surface area (Å²) in [5.41, 5.74) is -0.125. The standard InChI is InChI=1S/C11H5ClF3NO2/c1-16-8-3-2-6(4-7(8)12)9(17)5-10(18)11(13,14)15/h2-5,17H/p-1/b9-5-. The van der Waals surface area contributed by atoms with Crippen LogP contribution in [0.25, 0.3) is 10.6 Å². The Bertz CT molecular complexity index is 558. The normalized spacial score (nSPS) is 12.1. The quantitative estimate of drug-likeness (QED) is 0.473. The molecule has 0 aliphatic heterocycles. The van der Waals surface area contributed by atoms with Crippen molar-refractivity contribution in [3.05, 3.63) is 46.3 Å². The Morgan fingerprint density at radius 3 is 2.50 bits per heavy atom. The molecule has 0 fully saturated rings. The average Bonchev–Trinajstić information content (AvgIpc) is 2.27. The van der Waals surface area contributed by atoms with Crippen molar-refractivity contribution in [3.8, 4) is 0 Å². The molecule has 0 aliphatic carbocycles. The summed E-state index contributed by atoms with van der Waals surface area (Å²) in [5.74, 6) is -3.35. The van der Waals surface area contributed by atoms with Crippen molar-refractivity contribution in [1.29, 1.82) is 0 Å². The summed E-state index contributed by atoms with van der Waals surface area (Å²) in [4.78, 5) is 13.6. The number of nitrogens with zero attached hydrogens (tertiary/aromatic N) is 1. The van der Waals surface area contributed by atoms with Crippen molar-refractivity contribution >= 4 is 28.8 Å². The first-order valence-electron chi connectivity index (χ1n) is 4.43. The van der Waals surface area contributed by atoms with Crippen molar-refractivity contribution < 1.29 is 23.1 Å². The Hall–Kier alpha value is -2.00. The molecule has 0 bridgehead atoms. The maximum Gasteiger partial charge on any atom is 0.454 e. The highest BCUT2D eigenvalue weighted by atomic mass is 35.5. The van der Waals surface area contributed by atoms with Crippen molar-refractivity contribution in [1.82, 2.24) is 0 Å². The molecular formula is C11H4ClF3NO2-. The number of alkyl halides is 3. The van der Waals surface area contributed by atoms with Crippen LogP contribution in [0, 0.1) is 6.57 Å². The van der Waals surface area contributed by atoms with E-state index in [0.29, 0.717) is 0 Å². The lowest BCUT2D eigenvalue weighted by molar-refractivity contribution is -0.244. The first-order valence-corrected chi connectivity index (χ1v) is 4.80. The van der Waals surface area contributed by atoms with Gasteiger partial charge >= 0.3 is 6.18 Å². The Labute approximate surface area is 105 Å². The van der Waals surface area contributed by atoms with E-state index in [1.807, 2.05) is 0 Å². The van der Waals surface area contributed by atoms with Crippen LogP contribution in [-0.2, 0) is 4.79 Å². The molecule has 0 N–H and O–H groups in total. The monoisotopic (exact) mass is 274 g/mol. The Balaban J connectivity index is 3.09. The zero-order chi connectivity index (χ0) is 13.9. The molecule has 0 aromatic heterocycles. The highest BCUT2D eigenvalue weighted by molar-refractivity contribution is 6.33. The largest absolute Gasteiger partial charge is 0.872 e. The lowest BCUT2D eigenvalue weighted by atomic mass is 10.1. The number of benzene rings is 1. The third-order valence-electron chi connectivity index (χ3n) is 1.89. The molecule has 0 unspecified atom stereocenters. The molecular weight excluding hydrogens is 271 g/mol. The minimum atomic E-state index is -5.09. The molecule has 0 heterocycles. The molecule has 0 amide bonds. The van der Waals surface area contributed by atoms with Crippen molar-refractivity contribution in [2.75, 3.05) is 0 Å². The molecule has 0 saturated carbocycles. The molecule has 94 valence electrons. The summed E-state index contributed by atoms with van der Waals surface area (Å²) in [5, 5.41) is 11.3. The lowest BCUT2D eigenvalue weighted by Crippen LogP contribution is -2.21. The fourth-order valence-electron chi connectivity index (χ4n) is 1.04. The van der Waals surface area contributed by atoms with Gasteiger partial charge in [0.05, 0.1) is 6.57 Å². The summed E-state index contributed by atoms with van der Waals surface area (Å²) in [7, 11) is 0. The molecule has 0 radical (unpaired) electrons. The zero-order valence-corrected chi connectivity index (χ0v) is 9.34. The summed E-state index contributed by atoms with van der Waals surface area (Å²) in [6.45, 7) is 6.70. The van der Waals surface area contributed by atoms with Crippen LogP contribution in [0.4, 0.5) is 18.9 Å². The highest BCUT2D eigenvalue weighted by Gasteiger charge is 2.36. The first-order chi connectivity index (χ1) is 8.25. The van der Waals surface area contributed by atoms with Gasteiger partial charge in [-0.25, -0.2) is 4.85 Å². The van der Waals surface area contributed by atoms with Crippen LogP contribution >= 0.6 is 11.6 Å². The predicted octanol–water partition coefficient (Wildman–Crippen LogP) is 2.72. The fourth-order valence-corrected chi connectivity index (χ4v) is 1.26. The third-order valence-corrected chi connectivity index (χ3v) is 2.20. The van der Waals surface area contributed by atoms with E-state index in [-0.39, 0.29) is 22.3 Å². The molecule has 1 aromatic rings. The minimum Gasteiger partial charge on any atom is -0.872 e. The zero-order valence-electron chi connectivity index (χ0n) is 8.58. The van der Waals surface area contributed by atoms with Gasteiger partial charge in [-0.2, -0.15) is 13.2 Å². The Kier molecular flexibility index (Phi) is 3.99. The fraction of sp³-hybridized carbons (Fsp3) is 0.0909. The predicted molar refractivity (Wildman–Crippen MR) is 56.8 cm³/mol. The second kappa shape index (κ2) is 5.10. The van der Waals surface area contributed by atoms with E-state index in [4.69, 9.17) is 18.2 Å². The van der Waals surface area contributed by atoms with Crippen LogP contribution in [0.2, 0.25) is 5.02 Å². The van der Waals surface area contributed by atoms with Gasteiger partial charge in [-0.1, -0.05) is 29.5 Å². The van der Waals surface area contributed by atoms with Crippen molar-refractivity contribution in [3.63, 3.8) is 0 Å². The summed E-state index contributed by atoms with van der Waals surface area (Å²) < 4.78 is 35.8. The maximum atomic E-state index is 11.9. The van der Waals surface area contributed by atoms with E-state index in [1.54, 1.807) is 0 Å². The van der Waals surface area contributed by atoms with Gasteiger partial charge in [-0.05, 0) is 17.7 Å². The van der Waals surface area contributed by atoms with Gasteiger partial charge in [0.25, 0.3) is 5.78 Å². The van der Waals surface area contributed by atoms with E-state index in [9.17, 15) is 23.1 Å². The van der Waals surface area contributed by atoms with Crippen LogP contribution in [0.3, 0.4) is 0 Å². The van der Waals surface area contributed by atoms with Crippen LogP contribution in [0.5, 0.6) is 0 Å². The Morgan fingerprint density at radius 1 is 1.44 bits per heavy atom. The number of ketones is 1. The number of hydrogen-bond donors (Lipinski definition) is 0. The second-order valence-corrected chi connectivity index (χ2v) is 3.56. The minimum absolute atomic E-state index is 0.0524. The molecule has 0 aliphatic rings. The van der Waals surface area contributed by atoms with E-state index < -0.39 is 17.7 Å². The molecule has 0 spiro atoms. The number of rotatable bonds is 2. The molecule has 0 saturated heterocycles. The average molecular weight is 275 g/mol. The Morgan fingerprint density at radius 2 is 2.06 bits per heavy atom. The van der Waals surface area contributed by atoms with E-state index in [2.05, 4.69) is 4.85 Å². The topological polar surface area (TPSA) is 44.5 Å². The van der Waals surface area contributed by atoms with Gasteiger partial charge < -0.3 is 5.11 Å². The summed E-state index contributed by atoms with van der Waals surface area (Å²) >= 11 is 5.61. The summed E-state index contributed by atoms with van der Waals surface area (Å²) in [6.07, 6.45) is -5.14. The molecule has 1 rings (SSSR count). The van der Waals surface area contributed by atoms with Gasteiger partial charge in [0.15, 0.2) is 0 Å². The lowest BCUT2D eigenvalue weighted by Gasteiger charge is -2.13. The molecule has 0 atom stereocenters. The molecule has 1 aromatic carbocycles. The smallest absolute Gasteiger partial charge is 0.454 e. The highest BCUT2D eigenvalue weighted by Crippen LogP contribution is 2.27. The number of hydrogen-bond acceptors (Lipinski definition) is 2. The number of carbonyl (C=O) groups is 1. The van der Waals surface area contributed by atoms with Gasteiger partial charge in [-0.15, -0.1) is 0 Å². The number of allylic oxidation sites excluding steroid dienone is 1. The van der Waals surface area contributed by atoms with Crippen LogP contribution in [0.1, 0.15) is 5.56 Å².